The van der Waals surface area contributed by atoms with E-state index in [-0.39, 0.29) is 11.7 Å². The Morgan fingerprint density at radius 3 is 2.80 bits per heavy atom. The van der Waals surface area contributed by atoms with Crippen LogP contribution in [0.2, 0.25) is 5.02 Å². The molecule has 4 heterocycles. The minimum Gasteiger partial charge on any atom is -0.370 e. The molecule has 5 aromatic rings. The Hall–Kier alpha value is -3.68. The number of hydrogen-bond acceptors (Lipinski definition) is 5. The minimum atomic E-state index is -0.0876. The summed E-state index contributed by atoms with van der Waals surface area (Å²) < 4.78 is 9.58. The molecular formula is C27H24ClN5O2. The maximum Gasteiger partial charge on any atom is 0.276 e. The van der Waals surface area contributed by atoms with Gasteiger partial charge >= 0.3 is 0 Å². The fourth-order valence-electron chi connectivity index (χ4n) is 4.71. The Morgan fingerprint density at radius 1 is 1.06 bits per heavy atom. The molecule has 1 aliphatic heterocycles. The number of aryl methyl sites for hydroxylation is 2. The van der Waals surface area contributed by atoms with Crippen molar-refractivity contribution in [3.8, 4) is 0 Å². The molecule has 0 N–H and O–H groups in total. The topological polar surface area (TPSA) is 64.7 Å². The van der Waals surface area contributed by atoms with Gasteiger partial charge in [0.2, 0.25) is 0 Å². The average molecular weight is 486 g/mol. The van der Waals surface area contributed by atoms with E-state index in [4.69, 9.17) is 16.3 Å². The summed E-state index contributed by atoms with van der Waals surface area (Å²) >= 11 is 6.06. The van der Waals surface area contributed by atoms with E-state index >= 15 is 0 Å². The Labute approximate surface area is 207 Å². The van der Waals surface area contributed by atoms with E-state index in [0.29, 0.717) is 43.1 Å². The third-order valence-electron chi connectivity index (χ3n) is 6.50. The van der Waals surface area contributed by atoms with Crippen molar-refractivity contribution in [2.45, 2.75) is 19.1 Å². The zero-order valence-corrected chi connectivity index (χ0v) is 19.8. The van der Waals surface area contributed by atoms with Crippen molar-refractivity contribution in [1.29, 1.82) is 0 Å². The van der Waals surface area contributed by atoms with E-state index in [2.05, 4.69) is 15.0 Å². The van der Waals surface area contributed by atoms with Crippen LogP contribution in [0.1, 0.15) is 17.4 Å². The van der Waals surface area contributed by atoms with Crippen LogP contribution in [0.3, 0.4) is 0 Å². The lowest BCUT2D eigenvalue weighted by Crippen LogP contribution is -2.39. The highest BCUT2D eigenvalue weighted by atomic mass is 35.5. The Balaban J connectivity index is 1.29. The van der Waals surface area contributed by atoms with Crippen LogP contribution in [-0.4, -0.2) is 38.9 Å². The molecule has 0 radical (unpaired) electrons. The molecule has 1 fully saturated rings. The van der Waals surface area contributed by atoms with E-state index in [1.165, 1.54) is 0 Å². The van der Waals surface area contributed by atoms with Gasteiger partial charge in [0.1, 0.15) is 11.8 Å². The number of morpholine rings is 1. The van der Waals surface area contributed by atoms with Gasteiger partial charge in [-0.2, -0.15) is 5.10 Å². The predicted octanol–water partition coefficient (Wildman–Crippen LogP) is 4.52. The highest BCUT2D eigenvalue weighted by molar-refractivity contribution is 6.30. The van der Waals surface area contributed by atoms with Crippen LogP contribution in [0, 0.1) is 0 Å². The van der Waals surface area contributed by atoms with Gasteiger partial charge in [0.25, 0.3) is 5.56 Å². The number of fused-ring (bicyclic) bond motifs is 2. The number of benzene rings is 2. The largest absolute Gasteiger partial charge is 0.370 e. The number of aromatic nitrogens is 4. The molecule has 0 aliphatic carbocycles. The molecule has 8 heteroatoms. The maximum absolute atomic E-state index is 13.6. The first kappa shape index (κ1) is 21.8. The number of rotatable bonds is 5. The van der Waals surface area contributed by atoms with E-state index in [1.807, 2.05) is 77.5 Å². The van der Waals surface area contributed by atoms with Gasteiger partial charge in [-0.25, -0.2) is 9.67 Å². The smallest absolute Gasteiger partial charge is 0.276 e. The second-order valence-corrected chi connectivity index (χ2v) is 9.16. The van der Waals surface area contributed by atoms with Crippen molar-refractivity contribution in [1.82, 2.24) is 19.2 Å². The number of anilines is 1. The molecule has 0 bridgehead atoms. The summed E-state index contributed by atoms with van der Waals surface area (Å²) in [5.74, 6) is 0. The molecule has 0 amide bonds. The van der Waals surface area contributed by atoms with E-state index in [1.54, 1.807) is 10.9 Å². The molecule has 0 spiro atoms. The van der Waals surface area contributed by atoms with Gasteiger partial charge in [-0.3, -0.25) is 4.79 Å². The molecule has 1 aliphatic rings. The average Bonchev–Trinajstić information content (AvgIpc) is 3.32. The van der Waals surface area contributed by atoms with Crippen LogP contribution in [-0.2, 0) is 17.7 Å². The van der Waals surface area contributed by atoms with Crippen molar-refractivity contribution in [2.24, 2.45) is 0 Å². The molecular weight excluding hydrogens is 462 g/mol. The molecule has 2 aromatic carbocycles. The molecule has 1 atom stereocenters. The molecule has 7 nitrogen and oxygen atoms in total. The summed E-state index contributed by atoms with van der Waals surface area (Å²) in [5, 5.41) is 6.68. The first-order chi connectivity index (χ1) is 17.2. The Morgan fingerprint density at radius 2 is 1.94 bits per heavy atom. The summed E-state index contributed by atoms with van der Waals surface area (Å²) in [6.07, 6.45) is 6.28. The van der Waals surface area contributed by atoms with Gasteiger partial charge in [-0.1, -0.05) is 41.9 Å². The zero-order valence-electron chi connectivity index (χ0n) is 19.0. The maximum atomic E-state index is 13.6. The van der Waals surface area contributed by atoms with Crippen LogP contribution in [0.15, 0.2) is 84.0 Å². The number of imidazole rings is 1. The van der Waals surface area contributed by atoms with Gasteiger partial charge in [0.15, 0.2) is 0 Å². The van der Waals surface area contributed by atoms with Crippen LogP contribution in [0.5, 0.6) is 0 Å². The fraction of sp³-hybridized carbons (Fsp3) is 0.222. The molecule has 176 valence electrons. The molecule has 3 aromatic heterocycles. The summed E-state index contributed by atoms with van der Waals surface area (Å²) in [6.45, 7) is 2.41. The highest BCUT2D eigenvalue weighted by Crippen LogP contribution is 2.30. The van der Waals surface area contributed by atoms with Gasteiger partial charge in [-0.05, 0) is 35.9 Å². The monoisotopic (exact) mass is 485 g/mol. The lowest BCUT2D eigenvalue weighted by molar-refractivity contribution is 0.0399. The second kappa shape index (κ2) is 9.17. The quantitative estimate of drug-likeness (QED) is 0.366. The molecule has 1 saturated heterocycles. The summed E-state index contributed by atoms with van der Waals surface area (Å²) in [6, 6.07) is 19.6. The Bertz CT molecular complexity index is 1530. The summed E-state index contributed by atoms with van der Waals surface area (Å²) in [4.78, 5) is 20.5. The van der Waals surface area contributed by atoms with Crippen molar-refractivity contribution >= 4 is 33.7 Å². The zero-order chi connectivity index (χ0) is 23.8. The number of ether oxygens (including phenoxy) is 1. The number of pyridine rings is 1. The number of hydrogen-bond donors (Lipinski definition) is 0. The minimum absolute atomic E-state index is 0.0867. The van der Waals surface area contributed by atoms with Crippen molar-refractivity contribution in [3.05, 3.63) is 106 Å². The second-order valence-electron chi connectivity index (χ2n) is 8.72. The summed E-state index contributed by atoms with van der Waals surface area (Å²) in [5.41, 5.74) is 3.73. The first-order valence-electron chi connectivity index (χ1n) is 11.7. The van der Waals surface area contributed by atoms with Gasteiger partial charge in [-0.15, -0.1) is 0 Å². The van der Waals surface area contributed by atoms with Crippen LogP contribution in [0.25, 0.3) is 16.4 Å². The lowest BCUT2D eigenvalue weighted by atomic mass is 10.1. The van der Waals surface area contributed by atoms with Crippen LogP contribution >= 0.6 is 11.6 Å². The van der Waals surface area contributed by atoms with Gasteiger partial charge in [0, 0.05) is 42.3 Å². The molecule has 0 saturated carbocycles. The van der Waals surface area contributed by atoms with E-state index in [0.717, 1.165) is 28.0 Å². The van der Waals surface area contributed by atoms with Crippen molar-refractivity contribution in [2.75, 3.05) is 24.6 Å². The highest BCUT2D eigenvalue weighted by Gasteiger charge is 2.24. The molecule has 1 unspecified atom stereocenters. The van der Waals surface area contributed by atoms with Gasteiger partial charge in [0.05, 0.1) is 36.1 Å². The third kappa shape index (κ3) is 4.29. The van der Waals surface area contributed by atoms with Crippen molar-refractivity contribution in [3.63, 3.8) is 0 Å². The standard InChI is InChI=1S/C27H24ClN5O2/c28-21-9-7-19(8-10-21)24-18-31(14-15-35-24)23-5-3-4-20-16-29-33(27(34)26(20)23)13-11-22-17-32-12-2-1-6-25(32)30-22/h1-10,12,16-17,24H,11,13-15,18H2. The normalized spacial score (nSPS) is 16.3. The van der Waals surface area contributed by atoms with E-state index in [9.17, 15) is 4.79 Å². The first-order valence-corrected chi connectivity index (χ1v) is 12.1. The van der Waals surface area contributed by atoms with Gasteiger partial charge < -0.3 is 14.0 Å². The molecule has 6 rings (SSSR count). The number of nitrogens with zero attached hydrogens (tertiary/aromatic N) is 5. The third-order valence-corrected chi connectivity index (χ3v) is 6.75. The Kier molecular flexibility index (Phi) is 5.72. The van der Waals surface area contributed by atoms with Crippen LogP contribution in [0.4, 0.5) is 5.69 Å². The fourth-order valence-corrected chi connectivity index (χ4v) is 4.84. The number of halogens is 1. The lowest BCUT2D eigenvalue weighted by Gasteiger charge is -2.35. The SMILES string of the molecule is O=c1c2c(N3CCOC(c4ccc(Cl)cc4)C3)cccc2cnn1CCc1cn2ccccc2n1. The predicted molar refractivity (Wildman–Crippen MR) is 137 cm³/mol. The van der Waals surface area contributed by atoms with E-state index < -0.39 is 0 Å². The molecule has 35 heavy (non-hydrogen) atoms. The summed E-state index contributed by atoms with van der Waals surface area (Å²) in [7, 11) is 0. The van der Waals surface area contributed by atoms with Crippen LogP contribution < -0.4 is 10.5 Å². The van der Waals surface area contributed by atoms with Crippen molar-refractivity contribution < 1.29 is 4.74 Å².